The Morgan fingerprint density at radius 1 is 1.26 bits per heavy atom. The molecule has 1 aliphatic heterocycles. The third kappa shape index (κ3) is 3.54. The predicted molar refractivity (Wildman–Crippen MR) is 108 cm³/mol. The van der Waals surface area contributed by atoms with Crippen LogP contribution in [0, 0.1) is 6.92 Å². The van der Waals surface area contributed by atoms with Crippen molar-refractivity contribution in [2.24, 2.45) is 7.05 Å². The van der Waals surface area contributed by atoms with Gasteiger partial charge in [-0.3, -0.25) is 14.5 Å². The molecule has 138 valence electrons. The monoisotopic (exact) mass is 424 g/mol. The van der Waals surface area contributed by atoms with Gasteiger partial charge in [0.25, 0.3) is 5.91 Å². The highest BCUT2D eigenvalue weighted by molar-refractivity contribution is 9.10. The Hall–Kier alpha value is -2.47. The summed E-state index contributed by atoms with van der Waals surface area (Å²) in [5, 5.41) is 4.26. The molecule has 0 N–H and O–H groups in total. The first kappa shape index (κ1) is 17.9. The lowest BCUT2D eigenvalue weighted by Gasteiger charge is -2.24. The lowest BCUT2D eigenvalue weighted by Crippen LogP contribution is -2.31. The average Bonchev–Trinajstić information content (AvgIpc) is 3.29. The van der Waals surface area contributed by atoms with Gasteiger partial charge in [0, 0.05) is 35.4 Å². The summed E-state index contributed by atoms with van der Waals surface area (Å²) in [5.41, 5.74) is 4.43. The van der Waals surface area contributed by atoms with Crippen LogP contribution in [0.1, 0.15) is 40.5 Å². The molecule has 4 rings (SSSR count). The first-order chi connectivity index (χ1) is 13.0. The highest BCUT2D eigenvalue weighted by Gasteiger charge is 2.32. The Balaban J connectivity index is 1.62. The van der Waals surface area contributed by atoms with E-state index in [1.165, 1.54) is 0 Å². The van der Waals surface area contributed by atoms with Crippen LogP contribution in [0.25, 0.3) is 11.3 Å². The van der Waals surface area contributed by atoms with Gasteiger partial charge in [0.15, 0.2) is 0 Å². The maximum absolute atomic E-state index is 13.2. The molecule has 1 fully saturated rings. The van der Waals surface area contributed by atoms with E-state index in [9.17, 15) is 4.79 Å². The number of rotatable bonds is 3. The molecular weight excluding hydrogens is 404 g/mol. The van der Waals surface area contributed by atoms with Gasteiger partial charge in [-0.2, -0.15) is 5.10 Å². The number of aromatic nitrogens is 3. The van der Waals surface area contributed by atoms with E-state index in [0.29, 0.717) is 5.56 Å². The second-order valence-corrected chi connectivity index (χ2v) is 7.86. The van der Waals surface area contributed by atoms with Crippen LogP contribution < -0.4 is 0 Å². The van der Waals surface area contributed by atoms with Gasteiger partial charge in [-0.25, -0.2) is 0 Å². The van der Waals surface area contributed by atoms with Gasteiger partial charge in [-0.1, -0.05) is 28.1 Å². The topological polar surface area (TPSA) is 51.0 Å². The maximum atomic E-state index is 13.2. The number of hydrogen-bond donors (Lipinski definition) is 0. The molecule has 0 radical (unpaired) electrons. The number of benzene rings is 1. The Kier molecular flexibility index (Phi) is 4.83. The Morgan fingerprint density at radius 2 is 2.11 bits per heavy atom. The van der Waals surface area contributed by atoms with Gasteiger partial charge in [0.2, 0.25) is 0 Å². The van der Waals surface area contributed by atoms with Gasteiger partial charge in [0.05, 0.1) is 29.2 Å². The zero-order chi connectivity index (χ0) is 19.0. The van der Waals surface area contributed by atoms with Crippen molar-refractivity contribution >= 4 is 21.8 Å². The van der Waals surface area contributed by atoms with Gasteiger partial charge < -0.3 is 4.90 Å². The van der Waals surface area contributed by atoms with Crippen molar-refractivity contribution in [3.8, 4) is 11.3 Å². The second-order valence-electron chi connectivity index (χ2n) is 6.94. The quantitative estimate of drug-likeness (QED) is 0.620. The predicted octanol–water partition coefficient (Wildman–Crippen LogP) is 4.53. The number of carbonyl (C=O) groups is 1. The van der Waals surface area contributed by atoms with Crippen LogP contribution in [-0.2, 0) is 7.05 Å². The fraction of sp³-hybridized carbons (Fsp3) is 0.286. The van der Waals surface area contributed by atoms with Crippen LogP contribution in [0.5, 0.6) is 0 Å². The summed E-state index contributed by atoms with van der Waals surface area (Å²) < 4.78 is 2.80. The molecule has 2 aromatic heterocycles. The van der Waals surface area contributed by atoms with Crippen LogP contribution in [-0.4, -0.2) is 32.1 Å². The SMILES string of the molecule is Cc1nc(-c2cccc(Br)c2)ccc1C(=O)N1CCCC1c1cnn(C)c1. The van der Waals surface area contributed by atoms with Crippen molar-refractivity contribution in [1.82, 2.24) is 19.7 Å². The normalized spacial score (nSPS) is 16.7. The minimum Gasteiger partial charge on any atom is -0.331 e. The van der Waals surface area contributed by atoms with Crippen molar-refractivity contribution in [2.45, 2.75) is 25.8 Å². The second kappa shape index (κ2) is 7.27. The molecule has 1 aromatic carbocycles. The number of likely N-dealkylation sites (tertiary alicyclic amines) is 1. The summed E-state index contributed by atoms with van der Waals surface area (Å²) in [6.45, 7) is 2.68. The Morgan fingerprint density at radius 3 is 2.81 bits per heavy atom. The van der Waals surface area contributed by atoms with Gasteiger partial charge in [-0.05, 0) is 44.0 Å². The number of hydrogen-bond acceptors (Lipinski definition) is 3. The van der Waals surface area contributed by atoms with Crippen LogP contribution in [0.2, 0.25) is 0 Å². The van der Waals surface area contributed by atoms with Crippen LogP contribution >= 0.6 is 15.9 Å². The van der Waals surface area contributed by atoms with Crippen molar-refractivity contribution in [3.63, 3.8) is 0 Å². The Labute approximate surface area is 167 Å². The van der Waals surface area contributed by atoms with Crippen LogP contribution in [0.15, 0.2) is 53.3 Å². The van der Waals surface area contributed by atoms with E-state index >= 15 is 0 Å². The molecule has 1 saturated heterocycles. The van der Waals surface area contributed by atoms with E-state index < -0.39 is 0 Å². The van der Waals surface area contributed by atoms with E-state index in [-0.39, 0.29) is 11.9 Å². The molecular formula is C21H21BrN4O. The molecule has 3 heterocycles. The highest BCUT2D eigenvalue weighted by atomic mass is 79.9. The number of amides is 1. The average molecular weight is 425 g/mol. The van der Waals surface area contributed by atoms with Crippen LogP contribution in [0.3, 0.4) is 0 Å². The first-order valence-corrected chi connectivity index (χ1v) is 9.85. The zero-order valence-electron chi connectivity index (χ0n) is 15.4. The summed E-state index contributed by atoms with van der Waals surface area (Å²) in [4.78, 5) is 19.9. The highest BCUT2D eigenvalue weighted by Crippen LogP contribution is 2.33. The van der Waals surface area contributed by atoms with Crippen LogP contribution in [0.4, 0.5) is 0 Å². The fourth-order valence-electron chi connectivity index (χ4n) is 3.72. The molecule has 1 unspecified atom stereocenters. The Bertz CT molecular complexity index is 997. The lowest BCUT2D eigenvalue weighted by atomic mass is 10.1. The molecule has 3 aromatic rings. The molecule has 0 bridgehead atoms. The largest absolute Gasteiger partial charge is 0.331 e. The van der Waals surface area contributed by atoms with Gasteiger partial charge in [-0.15, -0.1) is 0 Å². The van der Waals surface area contributed by atoms with Crippen molar-refractivity contribution in [3.05, 3.63) is 70.1 Å². The summed E-state index contributed by atoms with van der Waals surface area (Å²) in [7, 11) is 1.90. The molecule has 1 amide bonds. The zero-order valence-corrected chi connectivity index (χ0v) is 17.0. The molecule has 6 heteroatoms. The smallest absolute Gasteiger partial charge is 0.256 e. The number of nitrogens with zero attached hydrogens (tertiary/aromatic N) is 4. The molecule has 1 atom stereocenters. The lowest BCUT2D eigenvalue weighted by molar-refractivity contribution is 0.0734. The summed E-state index contributed by atoms with van der Waals surface area (Å²) >= 11 is 3.50. The van der Waals surface area contributed by atoms with Gasteiger partial charge >= 0.3 is 0 Å². The fourth-order valence-corrected chi connectivity index (χ4v) is 4.12. The van der Waals surface area contributed by atoms with E-state index in [1.54, 1.807) is 4.68 Å². The molecule has 0 saturated carbocycles. The molecule has 0 spiro atoms. The molecule has 5 nitrogen and oxygen atoms in total. The first-order valence-electron chi connectivity index (χ1n) is 9.06. The third-order valence-electron chi connectivity index (χ3n) is 5.06. The number of aryl methyl sites for hydroxylation is 2. The maximum Gasteiger partial charge on any atom is 0.256 e. The number of carbonyl (C=O) groups excluding carboxylic acids is 1. The van der Waals surface area contributed by atoms with E-state index in [0.717, 1.165) is 46.4 Å². The summed E-state index contributed by atoms with van der Waals surface area (Å²) in [6, 6.07) is 11.9. The molecule has 0 aliphatic carbocycles. The number of halogens is 1. The minimum absolute atomic E-state index is 0.0483. The molecule has 27 heavy (non-hydrogen) atoms. The van der Waals surface area contributed by atoms with Crippen molar-refractivity contribution < 1.29 is 4.79 Å². The van der Waals surface area contributed by atoms with Crippen molar-refractivity contribution in [2.75, 3.05) is 6.54 Å². The van der Waals surface area contributed by atoms with E-state index in [1.807, 2.05) is 67.7 Å². The van der Waals surface area contributed by atoms with E-state index in [2.05, 4.69) is 21.0 Å². The van der Waals surface area contributed by atoms with Gasteiger partial charge in [0.1, 0.15) is 0 Å². The van der Waals surface area contributed by atoms with Crippen molar-refractivity contribution in [1.29, 1.82) is 0 Å². The standard InChI is InChI=1S/C21H21BrN4O/c1-14-18(8-9-19(24-14)15-5-3-6-17(22)11-15)21(27)26-10-4-7-20(26)16-12-23-25(2)13-16/h3,5-6,8-9,11-13,20H,4,7,10H2,1-2H3. The molecule has 1 aliphatic rings. The third-order valence-corrected chi connectivity index (χ3v) is 5.55. The summed E-state index contributed by atoms with van der Waals surface area (Å²) in [6.07, 6.45) is 5.84. The number of pyridine rings is 1. The van der Waals surface area contributed by atoms with E-state index in [4.69, 9.17) is 4.98 Å². The summed E-state index contributed by atoms with van der Waals surface area (Å²) in [5.74, 6) is 0.0483. The minimum atomic E-state index is 0.0483.